The Bertz CT molecular complexity index is 445. The highest BCUT2D eigenvalue weighted by Gasteiger charge is 2.26. The molecule has 2 rings (SSSR count). The molecule has 0 bridgehead atoms. The van der Waals surface area contributed by atoms with Crippen molar-refractivity contribution < 1.29 is 13.9 Å². The summed E-state index contributed by atoms with van der Waals surface area (Å²) in [4.78, 5) is 11.8. The maximum absolute atomic E-state index is 11.8. The van der Waals surface area contributed by atoms with Crippen molar-refractivity contribution in [2.24, 2.45) is 5.92 Å². The highest BCUT2D eigenvalue weighted by molar-refractivity contribution is 5.67. The second-order valence-electron chi connectivity index (χ2n) is 6.99. The number of alkyl carbamates (subject to hydrolysis) is 1. The largest absolute Gasteiger partial charge is 0.468 e. The quantitative estimate of drug-likeness (QED) is 0.845. The van der Waals surface area contributed by atoms with E-state index < -0.39 is 5.60 Å². The molecule has 1 fully saturated rings. The Morgan fingerprint density at radius 1 is 1.41 bits per heavy atom. The molecule has 0 aromatic carbocycles. The molecule has 124 valence electrons. The lowest BCUT2D eigenvalue weighted by Gasteiger charge is -2.26. The Morgan fingerprint density at radius 2 is 2.14 bits per heavy atom. The van der Waals surface area contributed by atoms with Crippen LogP contribution in [0.3, 0.4) is 0 Å². The van der Waals surface area contributed by atoms with Crippen molar-refractivity contribution in [1.82, 2.24) is 10.6 Å². The van der Waals surface area contributed by atoms with Crippen molar-refractivity contribution in [2.75, 3.05) is 6.54 Å². The molecule has 1 aromatic rings. The van der Waals surface area contributed by atoms with Crippen LogP contribution < -0.4 is 10.6 Å². The molecule has 5 heteroatoms. The standard InChI is InChI=1S/C17H28N2O3/c1-17(2,3)22-16(20)19-12-15(13-7-4-5-8-13)18-11-14-9-6-10-21-14/h6,9-10,13,15,18H,4-5,7-8,11-12H2,1-3H3,(H,19,20). The van der Waals surface area contributed by atoms with E-state index in [1.54, 1.807) is 6.26 Å². The van der Waals surface area contributed by atoms with Crippen LogP contribution in [0.4, 0.5) is 4.79 Å². The van der Waals surface area contributed by atoms with E-state index in [2.05, 4.69) is 10.6 Å². The van der Waals surface area contributed by atoms with Crippen molar-refractivity contribution in [3.05, 3.63) is 24.2 Å². The van der Waals surface area contributed by atoms with Crippen LogP contribution in [0.25, 0.3) is 0 Å². The first-order valence-corrected chi connectivity index (χ1v) is 8.16. The average Bonchev–Trinajstić information content (AvgIpc) is 3.09. The van der Waals surface area contributed by atoms with E-state index in [-0.39, 0.29) is 12.1 Å². The van der Waals surface area contributed by atoms with Gasteiger partial charge in [-0.25, -0.2) is 4.79 Å². The Morgan fingerprint density at radius 3 is 2.73 bits per heavy atom. The van der Waals surface area contributed by atoms with Gasteiger partial charge in [0.1, 0.15) is 11.4 Å². The molecular formula is C17H28N2O3. The third-order valence-corrected chi connectivity index (χ3v) is 3.95. The SMILES string of the molecule is CC(C)(C)OC(=O)NCC(NCc1ccco1)C1CCCC1. The molecular weight excluding hydrogens is 280 g/mol. The van der Waals surface area contributed by atoms with E-state index in [1.807, 2.05) is 32.9 Å². The summed E-state index contributed by atoms with van der Waals surface area (Å²) in [6, 6.07) is 4.10. The maximum atomic E-state index is 11.8. The van der Waals surface area contributed by atoms with Crippen LogP contribution in [-0.2, 0) is 11.3 Å². The van der Waals surface area contributed by atoms with Crippen LogP contribution in [-0.4, -0.2) is 24.3 Å². The Labute approximate surface area is 132 Å². The van der Waals surface area contributed by atoms with E-state index in [9.17, 15) is 4.79 Å². The molecule has 1 atom stereocenters. The third-order valence-electron chi connectivity index (χ3n) is 3.95. The van der Waals surface area contributed by atoms with E-state index >= 15 is 0 Å². The summed E-state index contributed by atoms with van der Waals surface area (Å²) in [5, 5.41) is 6.41. The Hall–Kier alpha value is -1.49. The lowest BCUT2D eigenvalue weighted by molar-refractivity contribution is 0.0518. The molecule has 0 saturated heterocycles. The van der Waals surface area contributed by atoms with Crippen LogP contribution in [0.5, 0.6) is 0 Å². The minimum atomic E-state index is -0.464. The van der Waals surface area contributed by atoms with Crippen LogP contribution in [0.1, 0.15) is 52.2 Å². The van der Waals surface area contributed by atoms with Gasteiger partial charge in [-0.15, -0.1) is 0 Å². The fourth-order valence-electron chi connectivity index (χ4n) is 2.92. The molecule has 1 aromatic heterocycles. The van der Waals surface area contributed by atoms with E-state index in [1.165, 1.54) is 25.7 Å². The number of furan rings is 1. The van der Waals surface area contributed by atoms with Crippen LogP contribution in [0, 0.1) is 5.92 Å². The van der Waals surface area contributed by atoms with Crippen LogP contribution in [0.2, 0.25) is 0 Å². The second-order valence-corrected chi connectivity index (χ2v) is 6.99. The van der Waals surface area contributed by atoms with Gasteiger partial charge in [0.25, 0.3) is 0 Å². The molecule has 22 heavy (non-hydrogen) atoms. The summed E-state index contributed by atoms with van der Waals surface area (Å²) < 4.78 is 10.7. The molecule has 1 heterocycles. The van der Waals surface area contributed by atoms with E-state index in [0.717, 1.165) is 5.76 Å². The topological polar surface area (TPSA) is 63.5 Å². The number of hydrogen-bond acceptors (Lipinski definition) is 4. The van der Waals surface area contributed by atoms with Crippen molar-refractivity contribution in [3.63, 3.8) is 0 Å². The van der Waals surface area contributed by atoms with Crippen molar-refractivity contribution in [3.8, 4) is 0 Å². The number of carbonyl (C=O) groups is 1. The van der Waals surface area contributed by atoms with E-state index in [0.29, 0.717) is 19.0 Å². The van der Waals surface area contributed by atoms with Gasteiger partial charge in [-0.2, -0.15) is 0 Å². The van der Waals surface area contributed by atoms with Crippen molar-refractivity contribution in [1.29, 1.82) is 0 Å². The van der Waals surface area contributed by atoms with Gasteiger partial charge in [0, 0.05) is 12.6 Å². The average molecular weight is 308 g/mol. The summed E-state index contributed by atoms with van der Waals surface area (Å²) >= 11 is 0. The summed E-state index contributed by atoms with van der Waals surface area (Å²) in [6.07, 6.45) is 6.31. The van der Waals surface area contributed by atoms with Gasteiger partial charge in [0.15, 0.2) is 0 Å². The zero-order valence-corrected chi connectivity index (χ0v) is 13.9. The lowest BCUT2D eigenvalue weighted by atomic mass is 9.98. The monoisotopic (exact) mass is 308 g/mol. The number of nitrogens with one attached hydrogen (secondary N) is 2. The number of carbonyl (C=O) groups excluding carboxylic acids is 1. The van der Waals surface area contributed by atoms with Gasteiger partial charge in [0.2, 0.25) is 0 Å². The van der Waals surface area contributed by atoms with Gasteiger partial charge in [-0.3, -0.25) is 0 Å². The summed E-state index contributed by atoms with van der Waals surface area (Å²) in [5.41, 5.74) is -0.464. The first-order chi connectivity index (χ1) is 10.4. The van der Waals surface area contributed by atoms with Crippen molar-refractivity contribution >= 4 is 6.09 Å². The van der Waals surface area contributed by atoms with Gasteiger partial charge < -0.3 is 19.8 Å². The second kappa shape index (κ2) is 7.68. The highest BCUT2D eigenvalue weighted by atomic mass is 16.6. The van der Waals surface area contributed by atoms with E-state index in [4.69, 9.17) is 9.15 Å². The van der Waals surface area contributed by atoms with Gasteiger partial charge in [-0.1, -0.05) is 12.8 Å². The molecule has 1 aliphatic rings. The number of rotatable bonds is 6. The zero-order chi connectivity index (χ0) is 16.0. The van der Waals surface area contributed by atoms with Crippen molar-refractivity contribution in [2.45, 2.75) is 64.6 Å². The van der Waals surface area contributed by atoms with Gasteiger partial charge in [0.05, 0.1) is 12.8 Å². The minimum absolute atomic E-state index is 0.250. The van der Waals surface area contributed by atoms with Gasteiger partial charge >= 0.3 is 6.09 Å². The number of hydrogen-bond donors (Lipinski definition) is 2. The van der Waals surface area contributed by atoms with Gasteiger partial charge in [-0.05, 0) is 51.7 Å². The molecule has 0 radical (unpaired) electrons. The Kier molecular flexibility index (Phi) is 5.89. The maximum Gasteiger partial charge on any atom is 0.407 e. The summed E-state index contributed by atoms with van der Waals surface area (Å²) in [5.74, 6) is 1.52. The molecule has 1 aliphatic carbocycles. The fourth-order valence-corrected chi connectivity index (χ4v) is 2.92. The Balaban J connectivity index is 1.83. The molecule has 1 saturated carbocycles. The number of ether oxygens (including phenoxy) is 1. The minimum Gasteiger partial charge on any atom is -0.468 e. The first-order valence-electron chi connectivity index (χ1n) is 8.16. The van der Waals surface area contributed by atoms with Crippen LogP contribution >= 0.6 is 0 Å². The smallest absolute Gasteiger partial charge is 0.407 e. The van der Waals surface area contributed by atoms with Crippen LogP contribution in [0.15, 0.2) is 22.8 Å². The molecule has 2 N–H and O–H groups in total. The zero-order valence-electron chi connectivity index (χ0n) is 13.9. The predicted molar refractivity (Wildman–Crippen MR) is 85.5 cm³/mol. The fraction of sp³-hybridized carbons (Fsp3) is 0.706. The highest BCUT2D eigenvalue weighted by Crippen LogP contribution is 2.27. The molecule has 1 unspecified atom stereocenters. The summed E-state index contributed by atoms with van der Waals surface area (Å²) in [6.45, 7) is 6.88. The predicted octanol–water partition coefficient (Wildman–Crippen LogP) is 3.45. The summed E-state index contributed by atoms with van der Waals surface area (Å²) in [7, 11) is 0. The normalized spacial score (nSPS) is 17.4. The lowest BCUT2D eigenvalue weighted by Crippen LogP contribution is -2.45. The third kappa shape index (κ3) is 5.72. The molecule has 1 amide bonds. The molecule has 5 nitrogen and oxygen atoms in total. The molecule has 0 spiro atoms. The number of amides is 1. The molecule has 0 aliphatic heterocycles. The first kappa shape index (κ1) is 16.9.